The zero-order chi connectivity index (χ0) is 15.5. The second-order valence-electron chi connectivity index (χ2n) is 5.04. The van der Waals surface area contributed by atoms with E-state index in [9.17, 15) is 13.2 Å². The molecule has 0 aromatic heterocycles. The number of nitrogens with zero attached hydrogens (tertiary/aromatic N) is 1. The quantitative estimate of drug-likeness (QED) is 0.893. The third-order valence-electron chi connectivity index (χ3n) is 3.50. The third-order valence-corrected chi connectivity index (χ3v) is 6.54. The molecule has 2 atom stereocenters. The molecular formula is C14H20N2O3S2. The van der Waals surface area contributed by atoms with E-state index in [-0.39, 0.29) is 16.8 Å². The van der Waals surface area contributed by atoms with Gasteiger partial charge < -0.3 is 5.32 Å². The molecule has 1 aromatic rings. The Kier molecular flexibility index (Phi) is 5.29. The number of carbonyl (C=O) groups is 1. The second-order valence-corrected chi connectivity index (χ2v) is 7.93. The summed E-state index contributed by atoms with van der Waals surface area (Å²) < 4.78 is 26.6. The second kappa shape index (κ2) is 6.81. The van der Waals surface area contributed by atoms with Crippen LogP contribution in [0.3, 0.4) is 0 Å². The molecule has 1 heterocycles. The van der Waals surface area contributed by atoms with Crippen molar-refractivity contribution in [2.24, 2.45) is 0 Å². The Morgan fingerprint density at radius 1 is 1.43 bits per heavy atom. The van der Waals surface area contributed by atoms with Crippen LogP contribution < -0.4 is 5.32 Å². The molecule has 2 unspecified atom stereocenters. The van der Waals surface area contributed by atoms with E-state index in [1.54, 1.807) is 30.3 Å². The monoisotopic (exact) mass is 328 g/mol. The van der Waals surface area contributed by atoms with E-state index >= 15 is 0 Å². The summed E-state index contributed by atoms with van der Waals surface area (Å²) in [5, 5.41) is 2.87. The molecule has 1 aromatic carbocycles. The first-order valence-electron chi connectivity index (χ1n) is 6.91. The number of hydrogen-bond acceptors (Lipinski definition) is 4. The van der Waals surface area contributed by atoms with Crippen LogP contribution in [0.2, 0.25) is 0 Å². The predicted molar refractivity (Wildman–Crippen MR) is 84.5 cm³/mol. The molecule has 0 radical (unpaired) electrons. The van der Waals surface area contributed by atoms with Gasteiger partial charge in [0.1, 0.15) is 6.04 Å². The summed E-state index contributed by atoms with van der Waals surface area (Å²) in [7, 11) is -3.62. The third kappa shape index (κ3) is 3.59. The highest BCUT2D eigenvalue weighted by molar-refractivity contribution is 8.00. The molecule has 21 heavy (non-hydrogen) atoms. The van der Waals surface area contributed by atoms with Crippen molar-refractivity contribution in [2.75, 3.05) is 11.6 Å². The van der Waals surface area contributed by atoms with Gasteiger partial charge in [-0.25, -0.2) is 8.42 Å². The molecule has 2 rings (SSSR count). The predicted octanol–water partition coefficient (Wildman–Crippen LogP) is 1.66. The minimum Gasteiger partial charge on any atom is -0.352 e. The van der Waals surface area contributed by atoms with Crippen LogP contribution in [0.25, 0.3) is 0 Å². The Morgan fingerprint density at radius 2 is 2.10 bits per heavy atom. The van der Waals surface area contributed by atoms with Crippen molar-refractivity contribution >= 4 is 27.7 Å². The first-order chi connectivity index (χ1) is 9.96. The van der Waals surface area contributed by atoms with Gasteiger partial charge in [-0.3, -0.25) is 4.79 Å². The normalized spacial score (nSPS) is 21.1. The van der Waals surface area contributed by atoms with Gasteiger partial charge in [0.2, 0.25) is 15.9 Å². The molecule has 0 bridgehead atoms. The number of amides is 1. The van der Waals surface area contributed by atoms with Gasteiger partial charge in [0.05, 0.1) is 10.8 Å². The summed E-state index contributed by atoms with van der Waals surface area (Å²) in [5.41, 5.74) is 0. The van der Waals surface area contributed by atoms with E-state index < -0.39 is 16.1 Å². The van der Waals surface area contributed by atoms with Crippen molar-refractivity contribution in [2.45, 2.75) is 37.2 Å². The average Bonchev–Trinajstić information content (AvgIpc) is 2.98. The zero-order valence-corrected chi connectivity index (χ0v) is 13.8. The number of benzene rings is 1. The number of carbonyl (C=O) groups excluding carboxylic acids is 1. The smallest absolute Gasteiger partial charge is 0.244 e. The first-order valence-corrected chi connectivity index (χ1v) is 9.51. The maximum Gasteiger partial charge on any atom is 0.244 e. The molecule has 0 aliphatic carbocycles. The molecule has 116 valence electrons. The van der Waals surface area contributed by atoms with Crippen LogP contribution in [0.5, 0.6) is 0 Å². The highest BCUT2D eigenvalue weighted by Gasteiger charge is 2.40. The van der Waals surface area contributed by atoms with E-state index in [1.165, 1.54) is 16.1 Å². The molecule has 5 nitrogen and oxygen atoms in total. The molecule has 0 saturated carbocycles. The average molecular weight is 328 g/mol. The fourth-order valence-corrected chi connectivity index (χ4v) is 5.21. The summed E-state index contributed by atoms with van der Waals surface area (Å²) in [6, 6.07) is 7.67. The van der Waals surface area contributed by atoms with Gasteiger partial charge in [-0.1, -0.05) is 25.1 Å². The molecule has 1 saturated heterocycles. The molecule has 7 heteroatoms. The van der Waals surface area contributed by atoms with Gasteiger partial charge >= 0.3 is 0 Å². The van der Waals surface area contributed by atoms with E-state index in [4.69, 9.17) is 0 Å². The van der Waals surface area contributed by atoms with E-state index in [1.807, 2.05) is 13.8 Å². The van der Waals surface area contributed by atoms with Crippen molar-refractivity contribution in [1.82, 2.24) is 9.62 Å². The summed E-state index contributed by atoms with van der Waals surface area (Å²) in [4.78, 5) is 12.5. The van der Waals surface area contributed by atoms with Crippen molar-refractivity contribution in [1.29, 1.82) is 0 Å². The number of rotatable bonds is 5. The largest absolute Gasteiger partial charge is 0.352 e. The van der Waals surface area contributed by atoms with Gasteiger partial charge in [-0.15, -0.1) is 11.8 Å². The van der Waals surface area contributed by atoms with Crippen molar-refractivity contribution in [3.8, 4) is 0 Å². The minimum atomic E-state index is -3.62. The van der Waals surface area contributed by atoms with Crippen LogP contribution >= 0.6 is 11.8 Å². The fraction of sp³-hybridized carbons (Fsp3) is 0.500. The maximum atomic E-state index is 12.6. The number of sulfonamides is 1. The van der Waals surface area contributed by atoms with Crippen molar-refractivity contribution in [3.63, 3.8) is 0 Å². The summed E-state index contributed by atoms with van der Waals surface area (Å²) in [6.07, 6.45) is 0.817. The van der Waals surface area contributed by atoms with Crippen LogP contribution in [0.1, 0.15) is 20.3 Å². The number of hydrogen-bond donors (Lipinski definition) is 1. The lowest BCUT2D eigenvalue weighted by Crippen LogP contribution is -2.49. The number of thioether (sulfide) groups is 1. The van der Waals surface area contributed by atoms with Crippen LogP contribution in [-0.4, -0.2) is 42.3 Å². The van der Waals surface area contributed by atoms with Crippen LogP contribution in [0.15, 0.2) is 35.2 Å². The van der Waals surface area contributed by atoms with Crippen molar-refractivity contribution in [3.05, 3.63) is 30.3 Å². The molecule has 1 aliphatic heterocycles. The lowest BCUT2D eigenvalue weighted by molar-refractivity contribution is -0.124. The van der Waals surface area contributed by atoms with E-state index in [0.717, 1.165) is 6.42 Å². The Bertz CT molecular complexity index is 589. The van der Waals surface area contributed by atoms with Gasteiger partial charge in [0, 0.05) is 11.8 Å². The Balaban J connectivity index is 2.21. The molecule has 1 aliphatic rings. The van der Waals surface area contributed by atoms with Crippen LogP contribution in [0, 0.1) is 0 Å². The van der Waals surface area contributed by atoms with Gasteiger partial charge in [-0.2, -0.15) is 4.31 Å². The van der Waals surface area contributed by atoms with E-state index in [2.05, 4.69) is 5.32 Å². The van der Waals surface area contributed by atoms with Crippen LogP contribution in [-0.2, 0) is 14.8 Å². The first kappa shape index (κ1) is 16.3. The van der Waals surface area contributed by atoms with E-state index in [0.29, 0.717) is 11.6 Å². The molecule has 1 fully saturated rings. The summed E-state index contributed by atoms with van der Waals surface area (Å²) >= 11 is 1.46. The maximum absolute atomic E-state index is 12.6. The van der Waals surface area contributed by atoms with Crippen molar-refractivity contribution < 1.29 is 13.2 Å². The molecule has 1 amide bonds. The topological polar surface area (TPSA) is 66.5 Å². The zero-order valence-electron chi connectivity index (χ0n) is 12.2. The standard InChI is InChI=1S/C14H20N2O3S2/c1-3-11(2)15-14(17)13-9-20-10-16(13)21(18,19)12-7-5-4-6-8-12/h4-8,11,13H,3,9-10H2,1-2H3,(H,15,17). The summed E-state index contributed by atoms with van der Waals surface area (Å²) in [6.45, 7) is 3.89. The lowest BCUT2D eigenvalue weighted by Gasteiger charge is -2.24. The minimum absolute atomic E-state index is 0.0457. The van der Waals surface area contributed by atoms with Gasteiger partial charge in [0.15, 0.2) is 0 Å². The number of nitrogens with one attached hydrogen (secondary N) is 1. The SMILES string of the molecule is CCC(C)NC(=O)C1CSCN1S(=O)(=O)c1ccccc1. The highest BCUT2D eigenvalue weighted by Crippen LogP contribution is 2.28. The lowest BCUT2D eigenvalue weighted by atomic mass is 10.2. The Labute approximate surface area is 130 Å². The summed E-state index contributed by atoms with van der Waals surface area (Å²) in [5.74, 6) is 0.596. The van der Waals surface area contributed by atoms with Crippen LogP contribution in [0.4, 0.5) is 0 Å². The molecular weight excluding hydrogens is 308 g/mol. The Hall–Kier alpha value is -1.05. The fourth-order valence-electron chi connectivity index (χ4n) is 2.04. The van der Waals surface area contributed by atoms with Gasteiger partial charge in [0.25, 0.3) is 0 Å². The molecule has 1 N–H and O–H groups in total. The van der Waals surface area contributed by atoms with Gasteiger partial charge in [-0.05, 0) is 25.5 Å². The highest BCUT2D eigenvalue weighted by atomic mass is 32.2. The Morgan fingerprint density at radius 3 is 2.71 bits per heavy atom. The molecule has 0 spiro atoms.